The second-order valence-electron chi connectivity index (χ2n) is 4.17. The highest BCUT2D eigenvalue weighted by Gasteiger charge is 2.11. The summed E-state index contributed by atoms with van der Waals surface area (Å²) in [5.41, 5.74) is 5.28. The number of nitrogens with two attached hydrogens (primary N) is 1. The van der Waals surface area contributed by atoms with Crippen LogP contribution < -0.4 is 16.4 Å². The quantitative estimate of drug-likeness (QED) is 0.509. The summed E-state index contributed by atoms with van der Waals surface area (Å²) in [6, 6.07) is 5.82. The van der Waals surface area contributed by atoms with Crippen LogP contribution in [-0.4, -0.2) is 24.2 Å². The van der Waals surface area contributed by atoms with Crippen molar-refractivity contribution in [3.63, 3.8) is 0 Å². The van der Waals surface area contributed by atoms with Gasteiger partial charge in [0.2, 0.25) is 5.91 Å². The second kappa shape index (κ2) is 9.17. The Bertz CT molecular complexity index is 486. The van der Waals surface area contributed by atoms with Crippen molar-refractivity contribution in [2.75, 3.05) is 11.9 Å². The van der Waals surface area contributed by atoms with Gasteiger partial charge in [-0.05, 0) is 25.0 Å². The van der Waals surface area contributed by atoms with Gasteiger partial charge in [-0.2, -0.15) is 8.78 Å². The number of thioether (sulfide) groups is 1. The van der Waals surface area contributed by atoms with E-state index in [9.17, 15) is 18.4 Å². The number of carbonyl (C=O) groups excluding carboxylic acids is 2. The number of alkyl halides is 2. The van der Waals surface area contributed by atoms with Crippen molar-refractivity contribution in [1.82, 2.24) is 5.32 Å². The molecule has 1 rings (SSSR count). The Kier molecular flexibility index (Phi) is 7.52. The summed E-state index contributed by atoms with van der Waals surface area (Å²) in [7, 11) is 0. The van der Waals surface area contributed by atoms with Crippen molar-refractivity contribution in [2.45, 2.75) is 29.9 Å². The smallest absolute Gasteiger partial charge is 0.312 e. The van der Waals surface area contributed by atoms with Crippen LogP contribution >= 0.6 is 11.8 Å². The standard InChI is InChI=1S/C13H17F2N3O2S/c14-12(15)21-10-6-2-1-5-9(10)18-11(19)7-3-4-8-17-13(16)20/h1-2,5-6,12H,3-4,7-8H2,(H,18,19)(H3,16,17,20). The van der Waals surface area contributed by atoms with Gasteiger partial charge in [-0.3, -0.25) is 4.79 Å². The summed E-state index contributed by atoms with van der Waals surface area (Å²) in [5.74, 6) is -2.79. The largest absolute Gasteiger partial charge is 0.352 e. The van der Waals surface area contributed by atoms with E-state index < -0.39 is 11.8 Å². The summed E-state index contributed by atoms with van der Waals surface area (Å²) < 4.78 is 24.8. The minimum absolute atomic E-state index is 0.244. The number of benzene rings is 1. The fraction of sp³-hybridized carbons (Fsp3) is 0.385. The number of hydrogen-bond donors (Lipinski definition) is 3. The first-order valence-corrected chi connectivity index (χ1v) is 7.24. The summed E-state index contributed by atoms with van der Waals surface area (Å²) in [5, 5.41) is 5.03. The number of carbonyl (C=O) groups is 2. The van der Waals surface area contributed by atoms with E-state index in [1.807, 2.05) is 0 Å². The lowest BCUT2D eigenvalue weighted by Gasteiger charge is -2.10. The summed E-state index contributed by atoms with van der Waals surface area (Å²) in [6.07, 6.45) is 1.42. The molecule has 0 bridgehead atoms. The van der Waals surface area contributed by atoms with E-state index in [0.29, 0.717) is 41.7 Å². The lowest BCUT2D eigenvalue weighted by molar-refractivity contribution is -0.116. The molecule has 116 valence electrons. The number of amides is 3. The minimum Gasteiger partial charge on any atom is -0.352 e. The Hall–Kier alpha value is -1.83. The van der Waals surface area contributed by atoms with E-state index in [4.69, 9.17) is 5.73 Å². The third-order valence-corrected chi connectivity index (χ3v) is 3.30. The molecule has 4 N–H and O–H groups in total. The molecule has 0 aliphatic heterocycles. The monoisotopic (exact) mass is 317 g/mol. The number of halogens is 2. The van der Waals surface area contributed by atoms with Gasteiger partial charge >= 0.3 is 6.03 Å². The minimum atomic E-state index is -2.54. The number of anilines is 1. The Balaban J connectivity index is 2.39. The highest BCUT2D eigenvalue weighted by molar-refractivity contribution is 7.99. The van der Waals surface area contributed by atoms with Gasteiger partial charge in [0.05, 0.1) is 5.69 Å². The van der Waals surface area contributed by atoms with Crippen molar-refractivity contribution < 1.29 is 18.4 Å². The number of primary amides is 1. The van der Waals surface area contributed by atoms with Crippen molar-refractivity contribution in [3.05, 3.63) is 24.3 Å². The number of para-hydroxylation sites is 1. The molecule has 0 saturated heterocycles. The lowest BCUT2D eigenvalue weighted by Crippen LogP contribution is -2.30. The molecule has 0 heterocycles. The zero-order chi connectivity index (χ0) is 15.7. The number of rotatable bonds is 8. The SMILES string of the molecule is NC(=O)NCCCCC(=O)Nc1ccccc1SC(F)F. The van der Waals surface area contributed by atoms with Gasteiger partial charge in [0.25, 0.3) is 5.76 Å². The van der Waals surface area contributed by atoms with E-state index in [-0.39, 0.29) is 12.3 Å². The molecule has 0 unspecified atom stereocenters. The van der Waals surface area contributed by atoms with E-state index in [1.165, 1.54) is 6.07 Å². The van der Waals surface area contributed by atoms with Crippen LogP contribution in [0.3, 0.4) is 0 Å². The maximum atomic E-state index is 12.4. The molecule has 0 spiro atoms. The Morgan fingerprint density at radius 2 is 1.95 bits per heavy atom. The molecule has 3 amide bonds. The van der Waals surface area contributed by atoms with Crippen molar-refractivity contribution in [2.24, 2.45) is 5.73 Å². The molecular weight excluding hydrogens is 300 g/mol. The van der Waals surface area contributed by atoms with Gasteiger partial charge in [-0.15, -0.1) is 0 Å². The number of nitrogens with one attached hydrogen (secondary N) is 2. The molecular formula is C13H17F2N3O2S. The first kappa shape index (κ1) is 17.2. The van der Waals surface area contributed by atoms with Gasteiger partial charge in [-0.25, -0.2) is 4.79 Å². The molecule has 21 heavy (non-hydrogen) atoms. The van der Waals surface area contributed by atoms with Gasteiger partial charge in [0, 0.05) is 17.9 Å². The lowest BCUT2D eigenvalue weighted by atomic mass is 10.2. The van der Waals surface area contributed by atoms with E-state index in [2.05, 4.69) is 10.6 Å². The Morgan fingerprint density at radius 1 is 1.24 bits per heavy atom. The average molecular weight is 317 g/mol. The zero-order valence-corrected chi connectivity index (χ0v) is 12.1. The molecule has 0 radical (unpaired) electrons. The van der Waals surface area contributed by atoms with E-state index in [1.54, 1.807) is 18.2 Å². The van der Waals surface area contributed by atoms with Crippen molar-refractivity contribution in [1.29, 1.82) is 0 Å². The molecule has 0 fully saturated rings. The van der Waals surface area contributed by atoms with Crippen LogP contribution in [0, 0.1) is 0 Å². The van der Waals surface area contributed by atoms with Crippen LogP contribution in [-0.2, 0) is 4.79 Å². The molecule has 0 aliphatic rings. The third kappa shape index (κ3) is 7.50. The first-order valence-electron chi connectivity index (χ1n) is 6.36. The maximum absolute atomic E-state index is 12.4. The van der Waals surface area contributed by atoms with Crippen molar-refractivity contribution in [3.8, 4) is 0 Å². The molecule has 0 aliphatic carbocycles. The first-order chi connectivity index (χ1) is 9.99. The van der Waals surface area contributed by atoms with Crippen LogP contribution in [0.1, 0.15) is 19.3 Å². The van der Waals surface area contributed by atoms with Gasteiger partial charge < -0.3 is 16.4 Å². The molecule has 0 atom stereocenters. The van der Waals surface area contributed by atoms with Gasteiger partial charge in [0.1, 0.15) is 0 Å². The Morgan fingerprint density at radius 3 is 2.62 bits per heavy atom. The normalized spacial score (nSPS) is 10.4. The van der Waals surface area contributed by atoms with Crippen LogP contribution in [0.25, 0.3) is 0 Å². The average Bonchev–Trinajstić information content (AvgIpc) is 2.39. The molecule has 8 heteroatoms. The molecule has 5 nitrogen and oxygen atoms in total. The molecule has 1 aromatic rings. The van der Waals surface area contributed by atoms with Gasteiger partial charge in [0.15, 0.2) is 0 Å². The van der Waals surface area contributed by atoms with Crippen LogP contribution in [0.4, 0.5) is 19.3 Å². The summed E-state index contributed by atoms with van der Waals surface area (Å²) in [6.45, 7) is 0.403. The van der Waals surface area contributed by atoms with Gasteiger partial charge in [-0.1, -0.05) is 23.9 Å². The van der Waals surface area contributed by atoms with Crippen LogP contribution in [0.5, 0.6) is 0 Å². The predicted octanol–water partition coefficient (Wildman–Crippen LogP) is 2.78. The second-order valence-corrected chi connectivity index (χ2v) is 5.20. The van der Waals surface area contributed by atoms with Crippen LogP contribution in [0.2, 0.25) is 0 Å². The van der Waals surface area contributed by atoms with Crippen LogP contribution in [0.15, 0.2) is 29.2 Å². The van der Waals surface area contributed by atoms with Crippen molar-refractivity contribution >= 4 is 29.4 Å². The van der Waals surface area contributed by atoms with E-state index in [0.717, 1.165) is 0 Å². The molecule has 0 aromatic heterocycles. The van der Waals surface area contributed by atoms with E-state index >= 15 is 0 Å². The topological polar surface area (TPSA) is 84.2 Å². The summed E-state index contributed by atoms with van der Waals surface area (Å²) >= 11 is 0.393. The molecule has 1 aromatic carbocycles. The molecule has 0 saturated carbocycles. The maximum Gasteiger partial charge on any atom is 0.312 e. The zero-order valence-electron chi connectivity index (χ0n) is 11.3. The number of urea groups is 1. The predicted molar refractivity (Wildman–Crippen MR) is 78.4 cm³/mol. The Labute approximate surface area is 125 Å². The number of hydrogen-bond acceptors (Lipinski definition) is 3. The fourth-order valence-electron chi connectivity index (χ4n) is 1.60. The number of unbranched alkanes of at least 4 members (excludes halogenated alkanes) is 1. The highest BCUT2D eigenvalue weighted by Crippen LogP contribution is 2.31. The fourth-order valence-corrected chi connectivity index (χ4v) is 2.20. The summed E-state index contributed by atoms with van der Waals surface area (Å²) in [4.78, 5) is 22.5. The highest BCUT2D eigenvalue weighted by atomic mass is 32.2. The third-order valence-electron chi connectivity index (χ3n) is 2.51.